The highest BCUT2D eigenvalue weighted by Gasteiger charge is 2.23. The first-order valence-corrected chi connectivity index (χ1v) is 10.1. The molecule has 0 radical (unpaired) electrons. The Morgan fingerprint density at radius 2 is 1.79 bits per heavy atom. The van der Waals surface area contributed by atoms with Crippen molar-refractivity contribution in [2.75, 3.05) is 58.5 Å². The van der Waals surface area contributed by atoms with Gasteiger partial charge in [-0.05, 0) is 42.0 Å². The van der Waals surface area contributed by atoms with Crippen LogP contribution in [-0.2, 0) is 9.53 Å². The van der Waals surface area contributed by atoms with E-state index in [4.69, 9.17) is 21.1 Å². The number of nitrogens with one attached hydrogen (secondary N) is 1. The van der Waals surface area contributed by atoms with Crippen LogP contribution in [0.2, 0.25) is 5.02 Å². The lowest BCUT2D eigenvalue weighted by atomic mass is 10.0. The Kier molecular flexibility index (Phi) is 7.75. The smallest absolute Gasteiger partial charge is 0.258 e. The molecule has 2 aromatic carbocycles. The standard InChI is InChI=1S/C22H28ClN3O3/c1-25(2)19-7-3-17(4-8-19)21(26-11-13-28-14-12-26)15-24-22(27)16-29-20-9-5-18(23)6-10-20/h3-10,21H,11-16H2,1-2H3,(H,24,27)/t21-/m0/s1. The number of morpholine rings is 1. The van der Waals surface area contributed by atoms with Crippen molar-refractivity contribution in [1.29, 1.82) is 0 Å². The first-order chi connectivity index (χ1) is 14.0. The van der Waals surface area contributed by atoms with Gasteiger partial charge in [0.15, 0.2) is 6.61 Å². The van der Waals surface area contributed by atoms with E-state index in [0.717, 1.165) is 18.8 Å². The van der Waals surface area contributed by atoms with Crippen LogP contribution in [0.4, 0.5) is 5.69 Å². The van der Waals surface area contributed by atoms with Crippen molar-refractivity contribution in [3.63, 3.8) is 0 Å². The molecule has 0 saturated carbocycles. The van der Waals surface area contributed by atoms with Crippen LogP contribution in [0.5, 0.6) is 5.75 Å². The van der Waals surface area contributed by atoms with Crippen LogP contribution in [-0.4, -0.2) is 64.4 Å². The van der Waals surface area contributed by atoms with Crippen LogP contribution in [0, 0.1) is 0 Å². The van der Waals surface area contributed by atoms with Gasteiger partial charge in [-0.2, -0.15) is 0 Å². The summed E-state index contributed by atoms with van der Waals surface area (Å²) in [6.07, 6.45) is 0. The molecule has 29 heavy (non-hydrogen) atoms. The van der Waals surface area contributed by atoms with Crippen LogP contribution >= 0.6 is 11.6 Å². The number of nitrogens with zero attached hydrogens (tertiary/aromatic N) is 2. The number of hydrogen-bond donors (Lipinski definition) is 1. The number of carbonyl (C=O) groups is 1. The van der Waals surface area contributed by atoms with Crippen molar-refractivity contribution in [1.82, 2.24) is 10.2 Å². The number of amides is 1. The molecule has 156 valence electrons. The Hall–Kier alpha value is -2.28. The molecule has 1 aliphatic heterocycles. The van der Waals surface area contributed by atoms with E-state index in [1.54, 1.807) is 24.3 Å². The second-order valence-electron chi connectivity index (χ2n) is 7.20. The summed E-state index contributed by atoms with van der Waals surface area (Å²) in [4.78, 5) is 16.8. The lowest BCUT2D eigenvalue weighted by molar-refractivity contribution is -0.123. The van der Waals surface area contributed by atoms with Crippen molar-refractivity contribution in [3.8, 4) is 5.75 Å². The summed E-state index contributed by atoms with van der Waals surface area (Å²) in [6.45, 7) is 3.59. The topological polar surface area (TPSA) is 54.0 Å². The lowest BCUT2D eigenvalue weighted by Gasteiger charge is -2.35. The number of rotatable bonds is 8. The molecule has 1 heterocycles. The number of anilines is 1. The van der Waals surface area contributed by atoms with Gasteiger partial charge in [0.1, 0.15) is 5.75 Å². The van der Waals surface area contributed by atoms with Gasteiger partial charge >= 0.3 is 0 Å². The van der Waals surface area contributed by atoms with Crippen LogP contribution in [0.3, 0.4) is 0 Å². The number of ether oxygens (including phenoxy) is 2. The summed E-state index contributed by atoms with van der Waals surface area (Å²) in [5.74, 6) is 0.469. The maximum atomic E-state index is 12.3. The van der Waals surface area contributed by atoms with Gasteiger partial charge in [-0.1, -0.05) is 23.7 Å². The predicted octanol–water partition coefficient (Wildman–Crippen LogP) is 2.97. The summed E-state index contributed by atoms with van der Waals surface area (Å²) in [5, 5.41) is 3.65. The largest absolute Gasteiger partial charge is 0.484 e. The monoisotopic (exact) mass is 417 g/mol. The summed E-state index contributed by atoms with van der Waals surface area (Å²) >= 11 is 5.87. The molecule has 6 nitrogen and oxygen atoms in total. The van der Waals surface area contributed by atoms with Gasteiger partial charge in [0.05, 0.1) is 19.3 Å². The van der Waals surface area contributed by atoms with E-state index in [0.29, 0.717) is 30.5 Å². The van der Waals surface area contributed by atoms with E-state index in [-0.39, 0.29) is 18.6 Å². The zero-order valence-electron chi connectivity index (χ0n) is 16.9. The molecule has 0 spiro atoms. The molecule has 1 aliphatic rings. The molecular weight excluding hydrogens is 390 g/mol. The number of hydrogen-bond acceptors (Lipinski definition) is 5. The SMILES string of the molecule is CN(C)c1ccc([C@H](CNC(=O)COc2ccc(Cl)cc2)N2CCOCC2)cc1. The second kappa shape index (κ2) is 10.5. The highest BCUT2D eigenvalue weighted by molar-refractivity contribution is 6.30. The fraction of sp³-hybridized carbons (Fsp3) is 0.409. The van der Waals surface area contributed by atoms with Crippen LogP contribution < -0.4 is 15.0 Å². The molecule has 1 saturated heterocycles. The zero-order valence-corrected chi connectivity index (χ0v) is 17.7. The zero-order chi connectivity index (χ0) is 20.6. The molecule has 3 rings (SSSR count). The summed E-state index contributed by atoms with van der Waals surface area (Å²) < 4.78 is 11.0. The molecule has 0 aromatic heterocycles. The highest BCUT2D eigenvalue weighted by Crippen LogP contribution is 2.24. The average Bonchev–Trinajstić information content (AvgIpc) is 2.74. The third-order valence-electron chi connectivity index (χ3n) is 4.96. The van der Waals surface area contributed by atoms with Gasteiger partial charge < -0.3 is 19.7 Å². The van der Waals surface area contributed by atoms with Gasteiger partial charge in [0.25, 0.3) is 5.91 Å². The summed E-state index contributed by atoms with van der Waals surface area (Å²) in [7, 11) is 4.05. The van der Waals surface area contributed by atoms with E-state index >= 15 is 0 Å². The first kappa shape index (κ1) is 21.4. The minimum Gasteiger partial charge on any atom is -0.484 e. The Balaban J connectivity index is 1.60. The number of carbonyl (C=O) groups excluding carboxylic acids is 1. The molecule has 1 fully saturated rings. The Morgan fingerprint density at radius 3 is 2.41 bits per heavy atom. The molecule has 1 amide bonds. The predicted molar refractivity (Wildman–Crippen MR) is 116 cm³/mol. The van der Waals surface area contributed by atoms with Crippen molar-refractivity contribution in [2.24, 2.45) is 0 Å². The number of halogens is 1. The Labute approximate surface area is 177 Å². The van der Waals surface area contributed by atoms with Gasteiger partial charge in [0.2, 0.25) is 0 Å². The molecule has 0 unspecified atom stereocenters. The summed E-state index contributed by atoms with van der Waals surface area (Å²) in [5.41, 5.74) is 2.33. The molecule has 0 bridgehead atoms. The first-order valence-electron chi connectivity index (χ1n) is 9.77. The third-order valence-corrected chi connectivity index (χ3v) is 5.21. The van der Waals surface area contributed by atoms with Gasteiger partial charge in [-0.25, -0.2) is 0 Å². The normalized spacial score (nSPS) is 15.6. The molecule has 1 atom stereocenters. The maximum absolute atomic E-state index is 12.3. The van der Waals surface area contributed by atoms with E-state index in [1.807, 2.05) is 14.1 Å². The van der Waals surface area contributed by atoms with Gasteiger partial charge in [-0.3, -0.25) is 9.69 Å². The molecule has 1 N–H and O–H groups in total. The van der Waals surface area contributed by atoms with Crippen molar-refractivity contribution in [3.05, 3.63) is 59.1 Å². The Bertz CT molecular complexity index is 775. The second-order valence-corrected chi connectivity index (χ2v) is 7.63. The minimum absolute atomic E-state index is 0.0307. The fourth-order valence-corrected chi connectivity index (χ4v) is 3.41. The summed E-state index contributed by atoms with van der Waals surface area (Å²) in [6, 6.07) is 15.5. The molecule has 7 heteroatoms. The quantitative estimate of drug-likeness (QED) is 0.715. The lowest BCUT2D eigenvalue weighted by Crippen LogP contribution is -2.44. The van der Waals surface area contributed by atoms with E-state index in [2.05, 4.69) is 39.4 Å². The van der Waals surface area contributed by atoms with Crippen LogP contribution in [0.15, 0.2) is 48.5 Å². The minimum atomic E-state index is -0.150. The molecular formula is C22H28ClN3O3. The van der Waals surface area contributed by atoms with E-state index in [9.17, 15) is 4.79 Å². The third kappa shape index (κ3) is 6.35. The fourth-order valence-electron chi connectivity index (χ4n) is 3.28. The van der Waals surface area contributed by atoms with Gasteiger partial charge in [0, 0.05) is 44.4 Å². The molecule has 2 aromatic rings. The van der Waals surface area contributed by atoms with Crippen LogP contribution in [0.1, 0.15) is 11.6 Å². The van der Waals surface area contributed by atoms with Crippen molar-refractivity contribution < 1.29 is 14.3 Å². The molecule has 0 aliphatic carbocycles. The van der Waals surface area contributed by atoms with E-state index in [1.165, 1.54) is 5.56 Å². The Morgan fingerprint density at radius 1 is 1.14 bits per heavy atom. The van der Waals surface area contributed by atoms with Crippen molar-refractivity contribution >= 4 is 23.2 Å². The van der Waals surface area contributed by atoms with Crippen molar-refractivity contribution in [2.45, 2.75) is 6.04 Å². The highest BCUT2D eigenvalue weighted by atomic mass is 35.5. The maximum Gasteiger partial charge on any atom is 0.258 e. The number of benzene rings is 2. The van der Waals surface area contributed by atoms with Gasteiger partial charge in [-0.15, -0.1) is 0 Å². The average molecular weight is 418 g/mol. The van der Waals surface area contributed by atoms with E-state index < -0.39 is 0 Å². The van der Waals surface area contributed by atoms with Crippen LogP contribution in [0.25, 0.3) is 0 Å².